The van der Waals surface area contributed by atoms with Gasteiger partial charge in [-0.1, -0.05) is 54.6 Å². The predicted molar refractivity (Wildman–Crippen MR) is 102 cm³/mol. The molecule has 1 unspecified atom stereocenters. The highest BCUT2D eigenvalue weighted by atomic mass is 14.5. The third kappa shape index (κ3) is 0.811. The molecule has 0 aliphatic heterocycles. The number of fused-ring (bicyclic) bond motifs is 1. The van der Waals surface area contributed by atoms with Crippen LogP contribution in [0.25, 0.3) is 55.2 Å². The molecule has 1 atom stereocenters. The first-order chi connectivity index (χ1) is 11.9. The van der Waals surface area contributed by atoms with Crippen LogP contribution in [-0.2, 0) is 5.41 Å². The zero-order valence-electron chi connectivity index (χ0n) is 13.0. The van der Waals surface area contributed by atoms with E-state index in [1.807, 2.05) is 0 Å². The van der Waals surface area contributed by atoms with Crippen molar-refractivity contribution in [3.8, 4) is 0 Å². The van der Waals surface area contributed by atoms with Crippen LogP contribution in [-0.4, -0.2) is 0 Å². The Kier molecular flexibility index (Phi) is 1.32. The Morgan fingerprint density at radius 2 is 1.54 bits per heavy atom. The van der Waals surface area contributed by atoms with Gasteiger partial charge in [-0.05, 0) is 77.5 Å². The third-order valence-electron chi connectivity index (χ3n) is 6.95. The molecule has 0 saturated heterocycles. The summed E-state index contributed by atoms with van der Waals surface area (Å²) >= 11 is 0. The fourth-order valence-corrected chi connectivity index (χ4v) is 6.05. The second-order valence-corrected chi connectivity index (χ2v) is 7.76. The minimum absolute atomic E-state index is 0.0899. The summed E-state index contributed by atoms with van der Waals surface area (Å²) in [6, 6.07) is 16.4. The van der Waals surface area contributed by atoms with E-state index in [1.54, 1.807) is 5.56 Å². The van der Waals surface area contributed by atoms with Crippen LogP contribution in [0.4, 0.5) is 0 Å². The molecule has 0 amide bonds. The summed E-state index contributed by atoms with van der Waals surface area (Å²) in [5.74, 6) is 0. The molecule has 0 fully saturated rings. The van der Waals surface area contributed by atoms with Crippen molar-refractivity contribution in [1.29, 1.82) is 0 Å². The summed E-state index contributed by atoms with van der Waals surface area (Å²) in [6.07, 6.45) is 8.45. The van der Waals surface area contributed by atoms with Gasteiger partial charge in [0, 0.05) is 5.41 Å². The van der Waals surface area contributed by atoms with Crippen LogP contribution in [0.5, 0.6) is 0 Å². The number of hydrogen-bond donors (Lipinski definition) is 0. The number of rotatable bonds is 0. The second-order valence-electron chi connectivity index (χ2n) is 7.76. The maximum Gasteiger partial charge on any atom is 0.0438 e. The molecule has 0 radical (unpaired) electrons. The number of allylic oxidation sites excluding steroid dienone is 1. The van der Waals surface area contributed by atoms with Crippen LogP contribution in [0.15, 0.2) is 48.5 Å². The highest BCUT2D eigenvalue weighted by Crippen LogP contribution is 2.58. The minimum Gasteiger partial charge on any atom is -0.0751 e. The first kappa shape index (κ1) is 10.8. The van der Waals surface area contributed by atoms with Crippen LogP contribution in [0.2, 0.25) is 0 Å². The summed E-state index contributed by atoms with van der Waals surface area (Å²) in [5, 5.41) is 13.3. The molecule has 0 aromatic heterocycles. The zero-order valence-corrected chi connectivity index (χ0v) is 13.0. The molecule has 108 valence electrons. The fourth-order valence-electron chi connectivity index (χ4n) is 6.05. The Bertz CT molecular complexity index is 1510. The van der Waals surface area contributed by atoms with Crippen molar-refractivity contribution in [1.82, 2.24) is 0 Å². The van der Waals surface area contributed by atoms with Crippen LogP contribution in [0.3, 0.4) is 0 Å². The first-order valence-corrected chi connectivity index (χ1v) is 8.77. The van der Waals surface area contributed by atoms with Gasteiger partial charge in [-0.2, -0.15) is 0 Å². The van der Waals surface area contributed by atoms with Gasteiger partial charge in [-0.25, -0.2) is 0 Å². The van der Waals surface area contributed by atoms with Crippen molar-refractivity contribution in [2.24, 2.45) is 0 Å². The maximum atomic E-state index is 2.48. The smallest absolute Gasteiger partial charge is 0.0438 e. The van der Waals surface area contributed by atoms with E-state index in [1.165, 1.54) is 59.4 Å². The molecule has 6 bridgehead atoms. The van der Waals surface area contributed by atoms with Gasteiger partial charge in [0.15, 0.2) is 0 Å². The highest BCUT2D eigenvalue weighted by molar-refractivity contribution is 6.36. The van der Waals surface area contributed by atoms with E-state index in [2.05, 4.69) is 60.7 Å². The van der Waals surface area contributed by atoms with Gasteiger partial charge in [0.25, 0.3) is 0 Å². The highest BCUT2D eigenvalue weighted by Gasteiger charge is 2.44. The maximum absolute atomic E-state index is 2.48. The summed E-state index contributed by atoms with van der Waals surface area (Å²) in [4.78, 5) is 0. The van der Waals surface area contributed by atoms with Crippen LogP contribution >= 0.6 is 0 Å². The molecule has 24 heavy (non-hydrogen) atoms. The van der Waals surface area contributed by atoms with Crippen LogP contribution in [0.1, 0.15) is 23.1 Å². The minimum atomic E-state index is 0.0899. The Morgan fingerprint density at radius 1 is 0.750 bits per heavy atom. The summed E-state index contributed by atoms with van der Waals surface area (Å²) in [6.45, 7) is 0. The van der Waals surface area contributed by atoms with Gasteiger partial charge < -0.3 is 0 Å². The van der Waals surface area contributed by atoms with Gasteiger partial charge in [-0.3, -0.25) is 0 Å². The largest absolute Gasteiger partial charge is 0.0751 e. The molecular weight excluding hydrogens is 288 g/mol. The van der Waals surface area contributed by atoms with E-state index >= 15 is 0 Å². The first-order valence-electron chi connectivity index (χ1n) is 8.77. The summed E-state index contributed by atoms with van der Waals surface area (Å²) in [5.41, 5.74) is 4.64. The Balaban J connectivity index is 2.00. The van der Waals surface area contributed by atoms with E-state index in [9.17, 15) is 0 Å². The molecule has 0 heteroatoms. The molecule has 1 spiro atoms. The van der Waals surface area contributed by atoms with Crippen molar-refractivity contribution in [3.05, 3.63) is 70.4 Å². The fraction of sp³-hybridized carbons (Fsp3) is 0.0833. The van der Waals surface area contributed by atoms with Crippen molar-refractivity contribution >= 4 is 55.2 Å². The number of benzene rings is 5. The third-order valence-corrected chi connectivity index (χ3v) is 6.95. The normalized spacial score (nSPS) is 22.3. The van der Waals surface area contributed by atoms with E-state index in [4.69, 9.17) is 0 Å². The predicted octanol–water partition coefficient (Wildman–Crippen LogP) is 5.27. The summed E-state index contributed by atoms with van der Waals surface area (Å²) < 4.78 is 0. The molecule has 5 aromatic carbocycles. The van der Waals surface area contributed by atoms with E-state index in [0.717, 1.165) is 6.42 Å². The average Bonchev–Trinajstić information content (AvgIpc) is 2.66. The zero-order chi connectivity index (χ0) is 15.2. The second kappa shape index (κ2) is 2.93. The van der Waals surface area contributed by atoms with Gasteiger partial charge in [0.1, 0.15) is 0 Å². The molecular formula is C24H12. The SMILES string of the molecule is C1=CC23CC=c4cc2c2ccc5ccc6ccc1c1c3c4c2c5c61. The molecule has 5 aliphatic rings. The van der Waals surface area contributed by atoms with Gasteiger partial charge in [0.2, 0.25) is 0 Å². The van der Waals surface area contributed by atoms with Crippen molar-refractivity contribution in [2.75, 3.05) is 0 Å². The monoisotopic (exact) mass is 300 g/mol. The van der Waals surface area contributed by atoms with Crippen LogP contribution < -0.4 is 5.22 Å². The lowest BCUT2D eigenvalue weighted by atomic mass is 9.57. The van der Waals surface area contributed by atoms with E-state index in [-0.39, 0.29) is 5.41 Å². The van der Waals surface area contributed by atoms with Gasteiger partial charge >= 0.3 is 0 Å². The Morgan fingerprint density at radius 3 is 2.46 bits per heavy atom. The van der Waals surface area contributed by atoms with Crippen molar-refractivity contribution in [3.63, 3.8) is 0 Å². The van der Waals surface area contributed by atoms with Crippen LogP contribution in [0, 0.1) is 0 Å². The lowest BCUT2D eigenvalue weighted by Gasteiger charge is -2.44. The average molecular weight is 300 g/mol. The lowest BCUT2D eigenvalue weighted by Crippen LogP contribution is -2.38. The molecule has 0 nitrogen and oxygen atoms in total. The van der Waals surface area contributed by atoms with E-state index < -0.39 is 0 Å². The van der Waals surface area contributed by atoms with E-state index in [0.29, 0.717) is 0 Å². The summed E-state index contributed by atoms with van der Waals surface area (Å²) in [7, 11) is 0. The van der Waals surface area contributed by atoms with Gasteiger partial charge in [-0.15, -0.1) is 0 Å². The molecule has 5 aromatic rings. The lowest BCUT2D eigenvalue weighted by molar-refractivity contribution is 0.670. The molecule has 10 rings (SSSR count). The van der Waals surface area contributed by atoms with Crippen molar-refractivity contribution in [2.45, 2.75) is 11.8 Å². The molecule has 0 saturated carbocycles. The molecule has 0 N–H and O–H groups in total. The van der Waals surface area contributed by atoms with Gasteiger partial charge in [0.05, 0.1) is 0 Å². The quantitative estimate of drug-likeness (QED) is 0.270. The number of hydrogen-bond acceptors (Lipinski definition) is 0. The van der Waals surface area contributed by atoms with Crippen molar-refractivity contribution < 1.29 is 0 Å². The standard InChI is InChI=1S/C24H12/c1-2-13-5-6-16-17-11-15-8-10-24(17)9-7-14-4-3-12(1)18-19(13)22(16)21(15)23(24)20(14)18/h1-9,11H,10H2. The molecule has 0 heterocycles. The molecule has 5 aliphatic carbocycles. The Hall–Kier alpha value is -2.86. The Labute approximate surface area is 138 Å². The topological polar surface area (TPSA) is 0 Å².